The molecule has 86 valence electrons. The predicted molar refractivity (Wildman–Crippen MR) is 69.0 cm³/mol. The highest BCUT2D eigenvalue weighted by molar-refractivity contribution is 5.42. The number of hydrogen-bond acceptors (Lipinski definition) is 0. The van der Waals surface area contributed by atoms with Crippen LogP contribution in [0.3, 0.4) is 0 Å². The maximum Gasteiger partial charge on any atom is -0.00143 e. The van der Waals surface area contributed by atoms with E-state index in [1.807, 2.05) is 0 Å². The molecular formula is C15H26. The summed E-state index contributed by atoms with van der Waals surface area (Å²) in [4.78, 5) is 0. The van der Waals surface area contributed by atoms with Crippen LogP contribution in [0, 0.1) is 5.92 Å². The molecule has 0 radical (unpaired) electrons. The highest BCUT2D eigenvalue weighted by Gasteiger charge is 2.19. The molecule has 0 heterocycles. The first kappa shape index (κ1) is 12.5. The third-order valence-corrected chi connectivity index (χ3v) is 3.70. The van der Waals surface area contributed by atoms with Gasteiger partial charge in [-0.3, -0.25) is 0 Å². The predicted octanol–water partition coefficient (Wildman–Crippen LogP) is 5.26. The molecule has 0 nitrogen and oxygen atoms in total. The fraction of sp³-hybridized carbons (Fsp3) is 0.733. The van der Waals surface area contributed by atoms with Crippen LogP contribution in [0.5, 0.6) is 0 Å². The van der Waals surface area contributed by atoms with Crippen molar-refractivity contribution < 1.29 is 0 Å². The SMILES string of the molecule is CCCCC1=CC(CCCC)C(C)=C1C. The third-order valence-electron chi connectivity index (χ3n) is 3.70. The summed E-state index contributed by atoms with van der Waals surface area (Å²) in [6.07, 6.45) is 10.5. The van der Waals surface area contributed by atoms with Gasteiger partial charge in [-0.25, -0.2) is 0 Å². The number of unbranched alkanes of at least 4 members (excludes halogenated alkanes) is 2. The lowest BCUT2D eigenvalue weighted by Crippen LogP contribution is -1.94. The van der Waals surface area contributed by atoms with Crippen molar-refractivity contribution in [3.63, 3.8) is 0 Å². The van der Waals surface area contributed by atoms with E-state index in [1.54, 1.807) is 16.7 Å². The highest BCUT2D eigenvalue weighted by Crippen LogP contribution is 2.35. The monoisotopic (exact) mass is 206 g/mol. The second-order valence-electron chi connectivity index (χ2n) is 4.85. The summed E-state index contributed by atoms with van der Waals surface area (Å²) in [6.45, 7) is 9.19. The van der Waals surface area contributed by atoms with Gasteiger partial charge in [-0.2, -0.15) is 0 Å². The topological polar surface area (TPSA) is 0 Å². The van der Waals surface area contributed by atoms with Crippen LogP contribution < -0.4 is 0 Å². The molecule has 0 amide bonds. The number of allylic oxidation sites excluding steroid dienone is 4. The van der Waals surface area contributed by atoms with Gasteiger partial charge in [-0.05, 0) is 50.2 Å². The molecule has 15 heavy (non-hydrogen) atoms. The Hall–Kier alpha value is -0.520. The van der Waals surface area contributed by atoms with E-state index in [0.717, 1.165) is 5.92 Å². The van der Waals surface area contributed by atoms with E-state index in [9.17, 15) is 0 Å². The van der Waals surface area contributed by atoms with Crippen molar-refractivity contribution in [2.24, 2.45) is 5.92 Å². The highest BCUT2D eigenvalue weighted by atomic mass is 14.2. The lowest BCUT2D eigenvalue weighted by atomic mass is 9.97. The van der Waals surface area contributed by atoms with Crippen molar-refractivity contribution in [2.75, 3.05) is 0 Å². The molecule has 0 aromatic carbocycles. The largest absolute Gasteiger partial charge is 0.0739 e. The minimum atomic E-state index is 0.761. The molecule has 1 unspecified atom stereocenters. The molecule has 0 aromatic rings. The molecule has 0 fully saturated rings. The zero-order valence-electron chi connectivity index (χ0n) is 10.9. The van der Waals surface area contributed by atoms with Crippen molar-refractivity contribution in [3.8, 4) is 0 Å². The minimum Gasteiger partial charge on any atom is -0.0739 e. The van der Waals surface area contributed by atoms with Crippen molar-refractivity contribution in [2.45, 2.75) is 66.2 Å². The minimum absolute atomic E-state index is 0.761. The molecule has 0 heteroatoms. The van der Waals surface area contributed by atoms with Crippen LogP contribution in [0.25, 0.3) is 0 Å². The number of hydrogen-bond donors (Lipinski definition) is 0. The second kappa shape index (κ2) is 6.15. The average molecular weight is 206 g/mol. The summed E-state index contributed by atoms with van der Waals surface area (Å²) < 4.78 is 0. The molecule has 1 atom stereocenters. The summed E-state index contributed by atoms with van der Waals surface area (Å²) in [5, 5.41) is 0. The molecule has 0 bridgehead atoms. The van der Waals surface area contributed by atoms with Crippen molar-refractivity contribution in [1.82, 2.24) is 0 Å². The zero-order chi connectivity index (χ0) is 11.3. The molecular weight excluding hydrogens is 180 g/mol. The summed E-state index contributed by atoms with van der Waals surface area (Å²) >= 11 is 0. The summed E-state index contributed by atoms with van der Waals surface area (Å²) in [7, 11) is 0. The van der Waals surface area contributed by atoms with Crippen LogP contribution >= 0.6 is 0 Å². The van der Waals surface area contributed by atoms with Crippen LogP contribution in [0.15, 0.2) is 22.8 Å². The van der Waals surface area contributed by atoms with Crippen LogP contribution in [-0.4, -0.2) is 0 Å². The van der Waals surface area contributed by atoms with Crippen LogP contribution in [0.4, 0.5) is 0 Å². The quantitative estimate of drug-likeness (QED) is 0.556. The molecule has 0 aliphatic heterocycles. The van der Waals surface area contributed by atoms with Gasteiger partial charge in [0.05, 0.1) is 0 Å². The smallest absolute Gasteiger partial charge is 0.00143 e. The van der Waals surface area contributed by atoms with Crippen LogP contribution in [0.2, 0.25) is 0 Å². The molecule has 0 saturated heterocycles. The van der Waals surface area contributed by atoms with Gasteiger partial charge in [-0.15, -0.1) is 0 Å². The van der Waals surface area contributed by atoms with E-state index in [0.29, 0.717) is 0 Å². The van der Waals surface area contributed by atoms with Gasteiger partial charge < -0.3 is 0 Å². The van der Waals surface area contributed by atoms with Gasteiger partial charge in [-0.1, -0.05) is 44.8 Å². The van der Waals surface area contributed by atoms with Crippen LogP contribution in [0.1, 0.15) is 66.2 Å². The molecule has 0 aromatic heterocycles. The third kappa shape index (κ3) is 3.22. The summed E-state index contributed by atoms with van der Waals surface area (Å²) in [5.74, 6) is 0.761. The van der Waals surface area contributed by atoms with E-state index >= 15 is 0 Å². The van der Waals surface area contributed by atoms with Gasteiger partial charge in [0, 0.05) is 0 Å². The van der Waals surface area contributed by atoms with Crippen molar-refractivity contribution >= 4 is 0 Å². The van der Waals surface area contributed by atoms with E-state index < -0.39 is 0 Å². The maximum atomic E-state index is 2.54. The Bertz CT molecular complexity index is 255. The van der Waals surface area contributed by atoms with E-state index in [4.69, 9.17) is 0 Å². The zero-order valence-corrected chi connectivity index (χ0v) is 10.9. The molecule has 0 N–H and O–H groups in total. The maximum absolute atomic E-state index is 2.54. The van der Waals surface area contributed by atoms with Gasteiger partial charge in [0.2, 0.25) is 0 Å². The second-order valence-corrected chi connectivity index (χ2v) is 4.85. The average Bonchev–Trinajstić information content (AvgIpc) is 2.51. The number of rotatable bonds is 6. The Morgan fingerprint density at radius 2 is 1.73 bits per heavy atom. The van der Waals surface area contributed by atoms with E-state index in [-0.39, 0.29) is 0 Å². The molecule has 1 aliphatic carbocycles. The lowest BCUT2D eigenvalue weighted by molar-refractivity contribution is 0.621. The van der Waals surface area contributed by atoms with Gasteiger partial charge in [0.1, 0.15) is 0 Å². The van der Waals surface area contributed by atoms with Gasteiger partial charge >= 0.3 is 0 Å². The van der Waals surface area contributed by atoms with E-state index in [2.05, 4.69) is 33.8 Å². The fourth-order valence-electron chi connectivity index (χ4n) is 2.39. The van der Waals surface area contributed by atoms with Crippen LogP contribution in [-0.2, 0) is 0 Å². The first-order valence-electron chi connectivity index (χ1n) is 6.59. The van der Waals surface area contributed by atoms with Gasteiger partial charge in [0.15, 0.2) is 0 Å². The Labute approximate surface area is 95.5 Å². The Morgan fingerprint density at radius 1 is 1.07 bits per heavy atom. The molecule has 0 saturated carbocycles. The molecule has 1 rings (SSSR count). The first-order valence-corrected chi connectivity index (χ1v) is 6.59. The van der Waals surface area contributed by atoms with Crippen molar-refractivity contribution in [1.29, 1.82) is 0 Å². The first-order chi connectivity index (χ1) is 7.20. The Morgan fingerprint density at radius 3 is 2.33 bits per heavy atom. The lowest BCUT2D eigenvalue weighted by Gasteiger charge is -2.08. The summed E-state index contributed by atoms with van der Waals surface area (Å²) in [6, 6.07) is 0. The molecule has 0 spiro atoms. The van der Waals surface area contributed by atoms with E-state index in [1.165, 1.54) is 38.5 Å². The Kier molecular flexibility index (Phi) is 5.14. The summed E-state index contributed by atoms with van der Waals surface area (Å²) in [5.41, 5.74) is 4.86. The normalized spacial score (nSPS) is 21.1. The standard InChI is InChI=1S/C15H26/c1-5-7-9-14-11-15(10-8-6-2)13(4)12(14)3/h11,14H,5-10H2,1-4H3. The van der Waals surface area contributed by atoms with Crippen molar-refractivity contribution in [3.05, 3.63) is 22.8 Å². The molecule has 1 aliphatic rings. The Balaban J connectivity index is 2.58. The fourth-order valence-corrected chi connectivity index (χ4v) is 2.39. The van der Waals surface area contributed by atoms with Gasteiger partial charge in [0.25, 0.3) is 0 Å².